The summed E-state index contributed by atoms with van der Waals surface area (Å²) in [5, 5.41) is 2.79. The van der Waals surface area contributed by atoms with E-state index in [9.17, 15) is 17.6 Å². The van der Waals surface area contributed by atoms with E-state index >= 15 is 0 Å². The lowest BCUT2D eigenvalue weighted by Gasteiger charge is -2.08. The van der Waals surface area contributed by atoms with Crippen LogP contribution in [0.25, 0.3) is 0 Å². The van der Waals surface area contributed by atoms with E-state index in [2.05, 4.69) is 10.0 Å². The zero-order valence-corrected chi connectivity index (χ0v) is 15.0. The summed E-state index contributed by atoms with van der Waals surface area (Å²) < 4.78 is 37.7. The Morgan fingerprint density at radius 1 is 1.08 bits per heavy atom. The molecule has 2 aromatic rings. The van der Waals surface area contributed by atoms with Gasteiger partial charge in [0.25, 0.3) is 5.91 Å². The molecule has 0 atom stereocenters. The summed E-state index contributed by atoms with van der Waals surface area (Å²) in [4.78, 5) is 12.1. The van der Waals surface area contributed by atoms with Crippen LogP contribution < -0.4 is 10.0 Å². The molecule has 0 aliphatic carbocycles. The minimum absolute atomic E-state index is 0.220. The van der Waals surface area contributed by atoms with Crippen molar-refractivity contribution < 1.29 is 17.6 Å². The number of amides is 1. The highest BCUT2D eigenvalue weighted by Gasteiger charge is 2.07. The molecular weight excluding hydrogens is 343 g/mol. The second-order valence-electron chi connectivity index (χ2n) is 5.88. The van der Waals surface area contributed by atoms with Gasteiger partial charge in [-0.1, -0.05) is 24.3 Å². The first-order valence-electron chi connectivity index (χ1n) is 7.81. The normalized spacial score (nSPS) is 11.3. The lowest BCUT2D eigenvalue weighted by molar-refractivity contribution is 0.0951. The van der Waals surface area contributed by atoms with Gasteiger partial charge in [0, 0.05) is 18.7 Å². The van der Waals surface area contributed by atoms with Crippen LogP contribution in [0.2, 0.25) is 0 Å². The van der Waals surface area contributed by atoms with Gasteiger partial charge in [0.1, 0.15) is 5.82 Å². The maximum atomic E-state index is 13.2. The van der Waals surface area contributed by atoms with Crippen LogP contribution in [0, 0.1) is 12.7 Å². The monoisotopic (exact) mass is 364 g/mol. The average molecular weight is 364 g/mol. The van der Waals surface area contributed by atoms with Gasteiger partial charge in [0.05, 0.1) is 6.26 Å². The minimum Gasteiger partial charge on any atom is -0.348 e. The number of carbonyl (C=O) groups is 1. The van der Waals surface area contributed by atoms with E-state index in [0.29, 0.717) is 30.6 Å². The first-order valence-corrected chi connectivity index (χ1v) is 9.70. The molecule has 134 valence electrons. The van der Waals surface area contributed by atoms with Crippen LogP contribution in [0.4, 0.5) is 4.39 Å². The number of carbonyl (C=O) groups excluding carboxylic acids is 1. The second-order valence-corrected chi connectivity index (χ2v) is 7.71. The maximum absolute atomic E-state index is 13.2. The van der Waals surface area contributed by atoms with Crippen molar-refractivity contribution in [2.24, 2.45) is 0 Å². The van der Waals surface area contributed by atoms with Crippen molar-refractivity contribution in [3.63, 3.8) is 0 Å². The third kappa shape index (κ3) is 6.28. The molecule has 7 heteroatoms. The van der Waals surface area contributed by atoms with E-state index < -0.39 is 10.0 Å². The zero-order valence-electron chi connectivity index (χ0n) is 14.2. The molecule has 0 fully saturated rings. The first-order chi connectivity index (χ1) is 11.7. The van der Waals surface area contributed by atoms with Crippen LogP contribution in [0.1, 0.15) is 27.0 Å². The van der Waals surface area contributed by atoms with Crippen molar-refractivity contribution in [3.05, 3.63) is 70.5 Å². The van der Waals surface area contributed by atoms with E-state index in [4.69, 9.17) is 0 Å². The highest BCUT2D eigenvalue weighted by atomic mass is 32.2. The molecular formula is C18H21FN2O3S. The van der Waals surface area contributed by atoms with Crippen molar-refractivity contribution in [1.29, 1.82) is 0 Å². The summed E-state index contributed by atoms with van der Waals surface area (Å²) in [6.45, 7) is 2.31. The summed E-state index contributed by atoms with van der Waals surface area (Å²) in [5.41, 5.74) is 2.81. The maximum Gasteiger partial charge on any atom is 0.251 e. The van der Waals surface area contributed by atoms with Crippen LogP contribution in [-0.2, 0) is 23.0 Å². The number of hydrogen-bond acceptors (Lipinski definition) is 3. The first kappa shape index (κ1) is 19.1. The van der Waals surface area contributed by atoms with Gasteiger partial charge in [-0.2, -0.15) is 0 Å². The Labute approximate surface area is 147 Å². The number of nitrogens with one attached hydrogen (secondary N) is 2. The zero-order chi connectivity index (χ0) is 18.4. The van der Waals surface area contributed by atoms with Gasteiger partial charge in [0.15, 0.2) is 0 Å². The molecule has 0 bridgehead atoms. The highest BCUT2D eigenvalue weighted by molar-refractivity contribution is 7.88. The molecule has 0 unspecified atom stereocenters. The van der Waals surface area contributed by atoms with Gasteiger partial charge >= 0.3 is 0 Å². The summed E-state index contributed by atoms with van der Waals surface area (Å²) in [6.07, 6.45) is 1.66. The lowest BCUT2D eigenvalue weighted by Crippen LogP contribution is -2.24. The summed E-state index contributed by atoms with van der Waals surface area (Å²) in [5.74, 6) is -0.487. The van der Waals surface area contributed by atoms with Crippen LogP contribution >= 0.6 is 0 Å². The largest absolute Gasteiger partial charge is 0.348 e. The van der Waals surface area contributed by atoms with Crippen molar-refractivity contribution in [3.8, 4) is 0 Å². The van der Waals surface area contributed by atoms with Gasteiger partial charge in [-0.3, -0.25) is 4.79 Å². The Morgan fingerprint density at radius 3 is 2.32 bits per heavy atom. The summed E-state index contributed by atoms with van der Waals surface area (Å²) >= 11 is 0. The molecule has 0 saturated carbocycles. The molecule has 1 amide bonds. The van der Waals surface area contributed by atoms with E-state index in [0.717, 1.165) is 17.4 Å². The number of hydrogen-bond donors (Lipinski definition) is 2. The SMILES string of the molecule is Cc1cc(CNC(=O)c2ccc(CCNS(C)(=O)=O)cc2)ccc1F. The predicted octanol–water partition coefficient (Wildman–Crippen LogP) is 2.16. The fourth-order valence-corrected chi connectivity index (χ4v) is 2.78. The number of rotatable bonds is 7. The van der Waals surface area contributed by atoms with Crippen LogP contribution in [0.5, 0.6) is 0 Å². The lowest BCUT2D eigenvalue weighted by atomic mass is 10.1. The minimum atomic E-state index is -3.19. The predicted molar refractivity (Wildman–Crippen MR) is 95.3 cm³/mol. The van der Waals surface area contributed by atoms with E-state index in [1.807, 2.05) is 0 Å². The molecule has 2 rings (SSSR count). The van der Waals surface area contributed by atoms with Crippen LogP contribution in [-0.4, -0.2) is 27.1 Å². The fraction of sp³-hybridized carbons (Fsp3) is 0.278. The molecule has 2 aromatic carbocycles. The summed E-state index contributed by atoms with van der Waals surface area (Å²) in [7, 11) is -3.19. The van der Waals surface area contributed by atoms with Crippen molar-refractivity contribution in [2.45, 2.75) is 19.9 Å². The highest BCUT2D eigenvalue weighted by Crippen LogP contribution is 2.10. The van der Waals surface area contributed by atoms with Crippen LogP contribution in [0.3, 0.4) is 0 Å². The molecule has 0 spiro atoms. The van der Waals surface area contributed by atoms with E-state index in [-0.39, 0.29) is 11.7 Å². The van der Waals surface area contributed by atoms with Crippen LogP contribution in [0.15, 0.2) is 42.5 Å². The Bertz CT molecular complexity index is 849. The Balaban J connectivity index is 1.88. The third-order valence-corrected chi connectivity index (χ3v) is 4.40. The third-order valence-electron chi connectivity index (χ3n) is 3.67. The standard InChI is InChI=1S/C18H21FN2O3S/c1-13-11-15(5-8-17(13)19)12-20-18(22)16-6-3-14(4-7-16)9-10-21-25(2,23)24/h3-8,11,21H,9-10,12H2,1-2H3,(H,20,22). The van der Waals surface area contributed by atoms with Gasteiger partial charge in [-0.25, -0.2) is 17.5 Å². The smallest absolute Gasteiger partial charge is 0.251 e. The topological polar surface area (TPSA) is 75.3 Å². The fourth-order valence-electron chi connectivity index (χ4n) is 2.30. The Hall–Kier alpha value is -2.25. The molecule has 0 aromatic heterocycles. The molecule has 0 aliphatic rings. The van der Waals surface area contributed by atoms with Gasteiger partial charge < -0.3 is 5.32 Å². The number of benzene rings is 2. The van der Waals surface area contributed by atoms with Gasteiger partial charge in [0.2, 0.25) is 10.0 Å². The quantitative estimate of drug-likeness (QED) is 0.791. The van der Waals surface area contributed by atoms with E-state index in [1.165, 1.54) is 6.07 Å². The Morgan fingerprint density at radius 2 is 1.72 bits per heavy atom. The average Bonchev–Trinajstić information content (AvgIpc) is 2.55. The number of sulfonamides is 1. The molecule has 0 heterocycles. The number of halogens is 1. The molecule has 0 radical (unpaired) electrons. The molecule has 25 heavy (non-hydrogen) atoms. The van der Waals surface area contributed by atoms with Crippen molar-refractivity contribution in [2.75, 3.05) is 12.8 Å². The second kappa shape index (κ2) is 8.22. The molecule has 0 aliphatic heterocycles. The Kier molecular flexibility index (Phi) is 6.27. The van der Waals surface area contributed by atoms with Gasteiger partial charge in [-0.05, 0) is 48.2 Å². The molecule has 5 nitrogen and oxygen atoms in total. The van der Waals surface area contributed by atoms with Crippen molar-refractivity contribution in [1.82, 2.24) is 10.0 Å². The molecule has 0 saturated heterocycles. The van der Waals surface area contributed by atoms with Gasteiger partial charge in [-0.15, -0.1) is 0 Å². The number of aryl methyl sites for hydroxylation is 1. The summed E-state index contributed by atoms with van der Waals surface area (Å²) in [6, 6.07) is 11.7. The van der Waals surface area contributed by atoms with E-state index in [1.54, 1.807) is 43.3 Å². The van der Waals surface area contributed by atoms with Crippen molar-refractivity contribution >= 4 is 15.9 Å². The molecule has 2 N–H and O–H groups in total.